The molecule has 1 aliphatic carbocycles. The molecule has 2 N–H and O–H groups in total. The summed E-state index contributed by atoms with van der Waals surface area (Å²) in [7, 11) is 0. The van der Waals surface area contributed by atoms with Crippen molar-refractivity contribution in [1.29, 1.82) is 0 Å². The van der Waals surface area contributed by atoms with Crippen molar-refractivity contribution in [2.24, 2.45) is 11.8 Å². The minimum absolute atomic E-state index is 0.114. The first-order valence-electron chi connectivity index (χ1n) is 8.12. The lowest BCUT2D eigenvalue weighted by Gasteiger charge is -2.32. The Hall–Kier alpha value is -2.58. The van der Waals surface area contributed by atoms with Gasteiger partial charge in [-0.1, -0.05) is 12.1 Å². The van der Waals surface area contributed by atoms with Crippen molar-refractivity contribution in [3.8, 4) is 0 Å². The fourth-order valence-corrected chi connectivity index (χ4v) is 2.82. The number of halogens is 3. The second kappa shape index (κ2) is 7.76. The maximum Gasteiger partial charge on any atom is 0.471 e. The summed E-state index contributed by atoms with van der Waals surface area (Å²) in [5.74, 6) is -4.70. The lowest BCUT2D eigenvalue weighted by molar-refractivity contribution is -0.185. The second-order valence-corrected chi connectivity index (χ2v) is 6.14. The number of anilines is 1. The molecule has 1 fully saturated rings. The van der Waals surface area contributed by atoms with Gasteiger partial charge in [0.15, 0.2) is 0 Å². The molecule has 0 aliphatic heterocycles. The number of carboxylic acid groups (broad SMARTS) is 1. The first kappa shape index (κ1) is 19.7. The minimum atomic E-state index is -4.95. The fourth-order valence-electron chi connectivity index (χ4n) is 2.82. The minimum Gasteiger partial charge on any atom is -0.481 e. The number of hydrogen-bond acceptors (Lipinski definition) is 3. The number of benzene rings is 1. The van der Waals surface area contributed by atoms with E-state index in [1.54, 1.807) is 18.2 Å². The van der Waals surface area contributed by atoms with Gasteiger partial charge < -0.3 is 15.3 Å². The van der Waals surface area contributed by atoms with Crippen LogP contribution in [0.1, 0.15) is 25.3 Å². The van der Waals surface area contributed by atoms with E-state index in [-0.39, 0.29) is 13.1 Å². The Morgan fingerprint density at radius 3 is 2.38 bits per heavy atom. The molecule has 1 aromatic rings. The van der Waals surface area contributed by atoms with Gasteiger partial charge >= 0.3 is 18.1 Å². The molecular formula is C17H19F3N2O4. The Bertz CT molecular complexity index is 705. The van der Waals surface area contributed by atoms with Gasteiger partial charge in [-0.05, 0) is 37.5 Å². The molecular weight excluding hydrogens is 353 g/mol. The van der Waals surface area contributed by atoms with Gasteiger partial charge in [-0.15, -0.1) is 0 Å². The molecule has 2 amide bonds. The van der Waals surface area contributed by atoms with Gasteiger partial charge in [0.1, 0.15) is 0 Å². The van der Waals surface area contributed by atoms with Crippen molar-refractivity contribution < 1.29 is 32.7 Å². The quantitative estimate of drug-likeness (QED) is 0.804. The molecule has 2 rings (SSSR count). The number of nitrogens with one attached hydrogen (secondary N) is 1. The Balaban J connectivity index is 2.04. The molecule has 6 nitrogen and oxygen atoms in total. The third-order valence-corrected chi connectivity index (χ3v) is 4.41. The highest BCUT2D eigenvalue weighted by molar-refractivity contribution is 5.96. The zero-order valence-corrected chi connectivity index (χ0v) is 14.0. The molecule has 26 heavy (non-hydrogen) atoms. The van der Waals surface area contributed by atoms with Crippen LogP contribution in [0.4, 0.5) is 18.9 Å². The molecule has 2 unspecified atom stereocenters. The summed E-state index contributed by atoms with van der Waals surface area (Å²) in [6.45, 7) is 1.08. The summed E-state index contributed by atoms with van der Waals surface area (Å²) in [5.41, 5.74) is 0.768. The second-order valence-electron chi connectivity index (χ2n) is 6.14. The lowest BCUT2D eigenvalue weighted by Crippen LogP contribution is -2.41. The predicted octanol–water partition coefficient (Wildman–Crippen LogP) is 2.65. The van der Waals surface area contributed by atoms with Gasteiger partial charge in [0.25, 0.3) is 0 Å². The number of rotatable bonds is 6. The molecule has 1 aromatic carbocycles. The molecule has 1 aliphatic rings. The summed E-state index contributed by atoms with van der Waals surface area (Å²) >= 11 is 0. The number of nitrogens with zero attached hydrogens (tertiary/aromatic N) is 1. The molecule has 9 heteroatoms. The van der Waals surface area contributed by atoms with Crippen LogP contribution in [0.2, 0.25) is 0 Å². The van der Waals surface area contributed by atoms with Gasteiger partial charge in [-0.2, -0.15) is 13.2 Å². The van der Waals surface area contributed by atoms with Crippen LogP contribution >= 0.6 is 0 Å². The standard InChI is InChI=1S/C17H19F3N2O4/c1-2-22(16(26)17(18,19)20)9-10-4-3-5-11(8-10)21-14(23)12-6-7-13(12)15(24)25/h3-5,8,12-13H,2,6-7,9H2,1H3,(H,21,23)(H,24,25). The number of aliphatic carboxylic acids is 1. The molecule has 0 radical (unpaired) electrons. The highest BCUT2D eigenvalue weighted by Crippen LogP contribution is 2.35. The SMILES string of the molecule is CCN(Cc1cccc(NC(=O)C2CCC2C(=O)O)c1)C(=O)C(F)(F)F. The van der Waals surface area contributed by atoms with Crippen molar-refractivity contribution in [2.75, 3.05) is 11.9 Å². The molecule has 0 spiro atoms. The number of carboxylic acids is 1. The van der Waals surface area contributed by atoms with Crippen molar-refractivity contribution in [3.05, 3.63) is 29.8 Å². The Kier molecular flexibility index (Phi) is 5.89. The molecule has 0 bridgehead atoms. The number of alkyl halides is 3. The lowest BCUT2D eigenvalue weighted by atomic mass is 9.73. The number of carbonyl (C=O) groups excluding carboxylic acids is 2. The normalized spacial score (nSPS) is 19.4. The van der Waals surface area contributed by atoms with E-state index < -0.39 is 35.8 Å². The number of carbonyl (C=O) groups is 3. The van der Waals surface area contributed by atoms with Crippen molar-refractivity contribution in [2.45, 2.75) is 32.5 Å². The zero-order valence-electron chi connectivity index (χ0n) is 14.0. The van der Waals surface area contributed by atoms with Gasteiger partial charge in [-0.3, -0.25) is 14.4 Å². The highest BCUT2D eigenvalue weighted by atomic mass is 19.4. The first-order chi connectivity index (χ1) is 12.1. The van der Waals surface area contributed by atoms with E-state index in [4.69, 9.17) is 5.11 Å². The smallest absolute Gasteiger partial charge is 0.471 e. The van der Waals surface area contributed by atoms with Crippen LogP contribution in [-0.2, 0) is 20.9 Å². The van der Waals surface area contributed by atoms with E-state index in [9.17, 15) is 27.6 Å². The van der Waals surface area contributed by atoms with E-state index in [0.29, 0.717) is 29.0 Å². The number of amides is 2. The fraction of sp³-hybridized carbons (Fsp3) is 0.471. The van der Waals surface area contributed by atoms with Crippen LogP contribution < -0.4 is 5.32 Å². The van der Waals surface area contributed by atoms with Gasteiger partial charge in [0.05, 0.1) is 11.8 Å². The summed E-state index contributed by atoms with van der Waals surface area (Å²) < 4.78 is 37.7. The molecule has 1 saturated carbocycles. The van der Waals surface area contributed by atoms with Gasteiger partial charge in [-0.25, -0.2) is 0 Å². The maximum atomic E-state index is 12.6. The third kappa shape index (κ3) is 4.53. The van der Waals surface area contributed by atoms with Crippen LogP contribution in [0.25, 0.3) is 0 Å². The van der Waals surface area contributed by atoms with Crippen molar-refractivity contribution in [3.63, 3.8) is 0 Å². The summed E-state index contributed by atoms with van der Waals surface area (Å²) in [4.78, 5) is 35.2. The monoisotopic (exact) mass is 372 g/mol. The predicted molar refractivity (Wildman–Crippen MR) is 86.1 cm³/mol. The zero-order chi connectivity index (χ0) is 19.5. The van der Waals surface area contributed by atoms with Crippen molar-refractivity contribution >= 4 is 23.5 Å². The van der Waals surface area contributed by atoms with Gasteiger partial charge in [0, 0.05) is 18.8 Å². The van der Waals surface area contributed by atoms with Crippen LogP contribution in [0.5, 0.6) is 0 Å². The number of hydrogen-bond donors (Lipinski definition) is 2. The Labute approximate surface area is 148 Å². The van der Waals surface area contributed by atoms with Crippen LogP contribution in [0.3, 0.4) is 0 Å². The molecule has 0 saturated heterocycles. The maximum absolute atomic E-state index is 12.6. The van der Waals surface area contributed by atoms with Crippen LogP contribution in [0, 0.1) is 11.8 Å². The molecule has 0 heterocycles. The summed E-state index contributed by atoms with van der Waals surface area (Å²) in [5, 5.41) is 11.6. The van der Waals surface area contributed by atoms with E-state index in [2.05, 4.69) is 5.32 Å². The van der Waals surface area contributed by atoms with Crippen LogP contribution in [0.15, 0.2) is 24.3 Å². The average molecular weight is 372 g/mol. The van der Waals surface area contributed by atoms with Gasteiger partial charge in [0.2, 0.25) is 5.91 Å². The molecule has 142 valence electrons. The van der Waals surface area contributed by atoms with Crippen LogP contribution in [-0.4, -0.2) is 40.5 Å². The highest BCUT2D eigenvalue weighted by Gasteiger charge is 2.42. The van der Waals surface area contributed by atoms with E-state index in [1.165, 1.54) is 13.0 Å². The molecule has 0 aromatic heterocycles. The third-order valence-electron chi connectivity index (χ3n) is 4.41. The van der Waals surface area contributed by atoms with E-state index >= 15 is 0 Å². The Morgan fingerprint density at radius 1 is 1.23 bits per heavy atom. The summed E-state index contributed by atoms with van der Waals surface area (Å²) in [6.07, 6.45) is -4.03. The first-order valence-corrected chi connectivity index (χ1v) is 8.12. The average Bonchev–Trinajstić information content (AvgIpc) is 2.49. The molecule has 2 atom stereocenters. The Morgan fingerprint density at radius 2 is 1.88 bits per heavy atom. The van der Waals surface area contributed by atoms with Crippen molar-refractivity contribution in [1.82, 2.24) is 4.90 Å². The van der Waals surface area contributed by atoms with E-state index in [1.807, 2.05) is 0 Å². The largest absolute Gasteiger partial charge is 0.481 e. The van der Waals surface area contributed by atoms with E-state index in [0.717, 1.165) is 0 Å². The summed E-state index contributed by atoms with van der Waals surface area (Å²) in [6, 6.07) is 6.12. The topological polar surface area (TPSA) is 86.7 Å².